The highest BCUT2D eigenvalue weighted by Crippen LogP contribution is 2.71. The molecular weight excluding hydrogens is 773 g/mol. The van der Waals surface area contributed by atoms with Gasteiger partial charge in [0.25, 0.3) is 0 Å². The number of rotatable bonds is 7. The van der Waals surface area contributed by atoms with Crippen molar-refractivity contribution in [3.8, 4) is 46.5 Å². The zero-order valence-electron chi connectivity index (χ0n) is 33.3. The maximum Gasteiger partial charge on any atom is 0.329 e. The number of piperazine rings is 1. The molecule has 0 saturated carbocycles. The summed E-state index contributed by atoms with van der Waals surface area (Å²) in [6, 6.07) is 9.74. The number of nitrogens with zero attached hydrogens (tertiary/aromatic N) is 3. The van der Waals surface area contributed by atoms with Gasteiger partial charge in [0.2, 0.25) is 6.79 Å². The summed E-state index contributed by atoms with van der Waals surface area (Å²) >= 11 is 1.21. The average Bonchev–Trinajstić information content (AvgIpc) is 3.97. The normalized spacial score (nSPS) is 29.5. The van der Waals surface area contributed by atoms with Crippen LogP contribution in [0.1, 0.15) is 88.3 Å². The minimum atomic E-state index is -1.13. The fourth-order valence-corrected chi connectivity index (χ4v) is 12.4. The number of carbonyl (C=O) groups is 2. The lowest BCUT2D eigenvalue weighted by atomic mass is 9.72. The minimum absolute atomic E-state index is 0.0276. The van der Waals surface area contributed by atoms with Crippen molar-refractivity contribution in [2.45, 2.75) is 87.1 Å². The molecule has 2 bridgehead atoms. The van der Waals surface area contributed by atoms with Gasteiger partial charge >= 0.3 is 11.9 Å². The molecule has 2 unspecified atom stereocenters. The zero-order chi connectivity index (χ0) is 41.3. The molecule has 10 rings (SSSR count). The Hall–Kier alpha value is -5.42. The molecule has 1 aromatic heterocycles. The van der Waals surface area contributed by atoms with E-state index in [0.717, 1.165) is 33.3 Å². The average molecular weight is 817 g/mol. The van der Waals surface area contributed by atoms with Gasteiger partial charge in [0.05, 0.1) is 30.5 Å². The van der Waals surface area contributed by atoms with Crippen LogP contribution >= 0.6 is 11.8 Å². The molecule has 15 heteroatoms. The number of carbonyl (C=O) groups excluding carboxylic acids is 2. The van der Waals surface area contributed by atoms with E-state index in [0.29, 0.717) is 65.4 Å². The number of nitrogens with two attached hydrogens (primary N) is 1. The van der Waals surface area contributed by atoms with Gasteiger partial charge in [0.15, 0.2) is 23.0 Å². The van der Waals surface area contributed by atoms with Crippen molar-refractivity contribution in [1.29, 1.82) is 5.26 Å². The van der Waals surface area contributed by atoms with Crippen LogP contribution < -0.4 is 30.0 Å². The van der Waals surface area contributed by atoms with Crippen LogP contribution in [0, 0.1) is 36.9 Å². The SMILES string of the molecule is C#CS[C@@H]1c2c(OC(C)=O)c(C)c3c(c2[C@H](COC(=O)[C@@H]2N[C@@H](CN)Cc4c2[nH]c2ccccc42)N2[C@@H]1[C@H]1c4c(cc(C)c(OC)c4O)C4(C)CC2(C#N)CN14)OCO3. The summed E-state index contributed by atoms with van der Waals surface area (Å²) in [5.41, 5.74) is 11.1. The molecule has 0 spiro atoms. The van der Waals surface area contributed by atoms with Crippen LogP contribution in [0.2, 0.25) is 0 Å². The maximum absolute atomic E-state index is 14.6. The first-order valence-electron chi connectivity index (χ1n) is 19.8. The van der Waals surface area contributed by atoms with E-state index in [9.17, 15) is 20.0 Å². The fourth-order valence-electron chi connectivity index (χ4n) is 11.5. The third kappa shape index (κ3) is 5.03. The second-order valence-corrected chi connectivity index (χ2v) is 17.6. The van der Waals surface area contributed by atoms with Gasteiger partial charge in [-0.1, -0.05) is 30.0 Å². The highest BCUT2D eigenvalue weighted by molar-refractivity contribution is 8.04. The van der Waals surface area contributed by atoms with Gasteiger partial charge < -0.3 is 39.5 Å². The number of hydrogen-bond donors (Lipinski definition) is 4. The van der Waals surface area contributed by atoms with Crippen molar-refractivity contribution in [3.63, 3.8) is 0 Å². The molecule has 6 aliphatic heterocycles. The molecule has 0 amide bonds. The number of benzene rings is 3. The van der Waals surface area contributed by atoms with Gasteiger partial charge in [-0.15, -0.1) is 6.42 Å². The Kier molecular flexibility index (Phi) is 8.52. The quantitative estimate of drug-likeness (QED) is 0.112. The number of phenolic OH excluding ortho intramolecular Hbond substituents is 1. The molecule has 59 heavy (non-hydrogen) atoms. The van der Waals surface area contributed by atoms with Gasteiger partial charge in [-0.25, -0.2) is 4.79 Å². The number of methoxy groups -OCH3 is 1. The number of para-hydroxylation sites is 1. The van der Waals surface area contributed by atoms with Crippen LogP contribution in [0.5, 0.6) is 28.7 Å². The summed E-state index contributed by atoms with van der Waals surface area (Å²) in [4.78, 5) is 35.5. The molecule has 5 N–H and O–H groups in total. The predicted molar refractivity (Wildman–Crippen MR) is 217 cm³/mol. The molecule has 2 saturated heterocycles. The van der Waals surface area contributed by atoms with Crippen molar-refractivity contribution in [2.75, 3.05) is 33.6 Å². The largest absolute Gasteiger partial charge is 0.504 e. The van der Waals surface area contributed by atoms with Crippen molar-refractivity contribution >= 4 is 34.6 Å². The number of aryl methyl sites for hydroxylation is 1. The van der Waals surface area contributed by atoms with Crippen LogP contribution in [-0.2, 0) is 26.3 Å². The highest BCUT2D eigenvalue weighted by atomic mass is 32.2. The molecule has 304 valence electrons. The van der Waals surface area contributed by atoms with Gasteiger partial charge in [-0.3, -0.25) is 19.9 Å². The number of thioether (sulfide) groups is 1. The standard InChI is InChI=1S/C44H44N6O8S/c1-7-59-41-31-30(40-39(56-19-57-40)21(3)38(31)58-22(4)51)28(15-55-42(53)33-32-25(13-23(14-45)47-33)24-10-8-9-11-27(24)48-32)50-35(41)34-29-26(12-20(2)37(54-6)36(29)52)43(5)16-44(50,17-46)18-49(34)43/h1,8-12,23,28,33-35,41,47-48,52H,13-16,18-19,45H2,2-6H3/t23-,28+,33-,34-,35-,41-,43?,44?/m1/s1. The van der Waals surface area contributed by atoms with Gasteiger partial charge in [0.1, 0.15) is 23.9 Å². The Morgan fingerprint density at radius 1 is 1.17 bits per heavy atom. The summed E-state index contributed by atoms with van der Waals surface area (Å²) in [6.07, 6.45) is 7.22. The number of ether oxygens (including phenoxy) is 5. The zero-order valence-corrected chi connectivity index (χ0v) is 34.1. The topological polar surface area (TPSA) is 185 Å². The van der Waals surface area contributed by atoms with Crippen LogP contribution in [0.3, 0.4) is 0 Å². The summed E-state index contributed by atoms with van der Waals surface area (Å²) in [6.45, 7) is 7.48. The molecular formula is C44H44N6O8S. The summed E-state index contributed by atoms with van der Waals surface area (Å²) < 4.78 is 30.7. The Morgan fingerprint density at radius 2 is 1.95 bits per heavy atom. The van der Waals surface area contributed by atoms with Crippen molar-refractivity contribution in [1.82, 2.24) is 20.1 Å². The molecule has 2 fully saturated rings. The number of terminal acetylenes is 1. The number of nitriles is 1. The van der Waals surface area contributed by atoms with Gasteiger partial charge in [-0.05, 0) is 61.3 Å². The second kappa shape index (κ2) is 13.3. The number of H-pyrrole nitrogens is 1. The first kappa shape index (κ1) is 37.8. The summed E-state index contributed by atoms with van der Waals surface area (Å²) in [5.74, 6) is 0.407. The fraction of sp³-hybridized carbons (Fsp3) is 0.432. The van der Waals surface area contributed by atoms with Crippen LogP contribution in [0.25, 0.3) is 10.9 Å². The smallest absolute Gasteiger partial charge is 0.329 e. The molecule has 4 aromatic rings. The van der Waals surface area contributed by atoms with E-state index < -0.39 is 52.4 Å². The van der Waals surface area contributed by atoms with Crippen LogP contribution in [-0.4, -0.2) is 83.1 Å². The van der Waals surface area contributed by atoms with Gasteiger partial charge in [0, 0.05) is 82.9 Å². The van der Waals surface area contributed by atoms with E-state index in [1.807, 2.05) is 31.2 Å². The Morgan fingerprint density at radius 3 is 2.68 bits per heavy atom. The number of esters is 2. The van der Waals surface area contributed by atoms with Crippen LogP contribution in [0.4, 0.5) is 0 Å². The van der Waals surface area contributed by atoms with E-state index in [1.165, 1.54) is 25.8 Å². The molecule has 3 aromatic carbocycles. The molecule has 0 radical (unpaired) electrons. The number of aromatic nitrogens is 1. The molecule has 14 nitrogen and oxygen atoms in total. The lowest BCUT2D eigenvalue weighted by Gasteiger charge is -2.57. The first-order valence-corrected chi connectivity index (χ1v) is 20.6. The van der Waals surface area contributed by atoms with E-state index in [1.54, 1.807) is 6.92 Å². The summed E-state index contributed by atoms with van der Waals surface area (Å²) in [5, 5.41) is 30.3. The molecule has 0 aliphatic carbocycles. The maximum atomic E-state index is 14.6. The lowest BCUT2D eigenvalue weighted by Crippen LogP contribution is -2.66. The Balaban J connectivity index is 1.18. The summed E-state index contributed by atoms with van der Waals surface area (Å²) in [7, 11) is 1.53. The molecule has 6 aliphatic rings. The number of fused-ring (bicyclic) bond motifs is 13. The molecule has 7 heterocycles. The highest BCUT2D eigenvalue weighted by Gasteiger charge is 2.72. The number of hydrogen-bond acceptors (Lipinski definition) is 14. The van der Waals surface area contributed by atoms with E-state index in [-0.39, 0.29) is 30.9 Å². The van der Waals surface area contributed by atoms with E-state index >= 15 is 0 Å². The van der Waals surface area contributed by atoms with Gasteiger partial charge in [-0.2, -0.15) is 5.26 Å². The monoisotopic (exact) mass is 816 g/mol. The Bertz CT molecular complexity index is 2600. The first-order chi connectivity index (χ1) is 28.4. The predicted octanol–water partition coefficient (Wildman–Crippen LogP) is 4.95. The third-order valence-corrected chi connectivity index (χ3v) is 14.5. The van der Waals surface area contributed by atoms with Crippen molar-refractivity contribution in [3.05, 3.63) is 75.0 Å². The molecule has 8 atom stereocenters. The van der Waals surface area contributed by atoms with E-state index in [2.05, 4.69) is 44.4 Å². The number of phenols is 1. The number of aromatic hydroxyl groups is 1. The Labute approximate surface area is 345 Å². The number of aromatic amines is 1. The van der Waals surface area contributed by atoms with E-state index in [4.69, 9.17) is 35.8 Å². The van der Waals surface area contributed by atoms with Crippen LogP contribution in [0.15, 0.2) is 30.3 Å². The number of nitrogens with one attached hydrogen (secondary N) is 2. The van der Waals surface area contributed by atoms with Crippen molar-refractivity contribution in [2.24, 2.45) is 5.73 Å². The lowest BCUT2D eigenvalue weighted by molar-refractivity contribution is -0.152. The minimum Gasteiger partial charge on any atom is -0.504 e. The van der Waals surface area contributed by atoms with Crippen molar-refractivity contribution < 1.29 is 38.4 Å². The third-order valence-electron chi connectivity index (χ3n) is 13.6. The second-order valence-electron chi connectivity index (χ2n) is 16.6.